The van der Waals surface area contributed by atoms with E-state index in [0.29, 0.717) is 34.6 Å². The second-order valence-corrected chi connectivity index (χ2v) is 8.34. The van der Waals surface area contributed by atoms with E-state index in [9.17, 15) is 4.79 Å². The van der Waals surface area contributed by atoms with Crippen LogP contribution < -0.4 is 5.32 Å². The summed E-state index contributed by atoms with van der Waals surface area (Å²) in [6.07, 6.45) is 0.279. The number of morpholine rings is 1. The maximum Gasteiger partial charge on any atom is 0.224 e. The molecule has 0 bridgehead atoms. The second kappa shape index (κ2) is 9.95. The van der Waals surface area contributed by atoms with E-state index in [1.165, 1.54) is 0 Å². The lowest BCUT2D eigenvalue weighted by atomic mass is 10.1. The fourth-order valence-corrected chi connectivity index (χ4v) is 3.62. The van der Waals surface area contributed by atoms with Crippen LogP contribution in [0.4, 0.5) is 0 Å². The van der Waals surface area contributed by atoms with Crippen molar-refractivity contribution in [2.45, 2.75) is 32.0 Å². The fourth-order valence-electron chi connectivity index (χ4n) is 3.17. The summed E-state index contributed by atoms with van der Waals surface area (Å²) in [5.74, 6) is -0.0272. The standard InChI is InChI=1S/C21H23Cl3N2O2/c1-14-13-28-18(10-25-21(27)9-15-2-5-17(22)6-3-15)12-26(14)11-16-4-7-19(23)20(24)8-16/h2-8,14,18H,9-13H2,1H3,(H,25,27)/t14-,18+/m1/s1. The van der Waals surface area contributed by atoms with Crippen LogP contribution in [-0.4, -0.2) is 42.6 Å². The van der Waals surface area contributed by atoms with Crippen LogP contribution in [-0.2, 0) is 22.5 Å². The van der Waals surface area contributed by atoms with Crippen LogP contribution in [0.1, 0.15) is 18.1 Å². The lowest BCUT2D eigenvalue weighted by Gasteiger charge is -2.38. The van der Waals surface area contributed by atoms with Crippen LogP contribution in [0.25, 0.3) is 0 Å². The third kappa shape index (κ3) is 6.10. The molecular formula is C21H23Cl3N2O2. The first kappa shape index (κ1) is 21.4. The van der Waals surface area contributed by atoms with Crippen LogP contribution >= 0.6 is 34.8 Å². The zero-order chi connectivity index (χ0) is 20.1. The Morgan fingerprint density at radius 3 is 2.54 bits per heavy atom. The van der Waals surface area contributed by atoms with E-state index in [1.807, 2.05) is 30.3 Å². The molecule has 1 heterocycles. The van der Waals surface area contributed by atoms with Gasteiger partial charge in [-0.1, -0.05) is 53.0 Å². The number of benzene rings is 2. The van der Waals surface area contributed by atoms with Gasteiger partial charge in [0.15, 0.2) is 0 Å². The highest BCUT2D eigenvalue weighted by molar-refractivity contribution is 6.42. The summed E-state index contributed by atoms with van der Waals surface area (Å²) in [7, 11) is 0. The molecule has 7 heteroatoms. The van der Waals surface area contributed by atoms with Gasteiger partial charge in [-0.15, -0.1) is 0 Å². The van der Waals surface area contributed by atoms with E-state index in [0.717, 1.165) is 24.2 Å². The molecule has 1 fully saturated rings. The van der Waals surface area contributed by atoms with Gasteiger partial charge in [-0.25, -0.2) is 0 Å². The van der Waals surface area contributed by atoms with E-state index in [-0.39, 0.29) is 18.1 Å². The number of rotatable bonds is 6. The molecule has 0 radical (unpaired) electrons. The molecule has 3 rings (SSSR count). The Kier molecular flexibility index (Phi) is 7.61. The van der Waals surface area contributed by atoms with Gasteiger partial charge in [-0.2, -0.15) is 0 Å². The largest absolute Gasteiger partial charge is 0.373 e. The van der Waals surface area contributed by atoms with E-state index in [2.05, 4.69) is 17.1 Å². The Labute approximate surface area is 180 Å². The number of nitrogens with one attached hydrogen (secondary N) is 1. The van der Waals surface area contributed by atoms with Crippen LogP contribution in [0.5, 0.6) is 0 Å². The maximum absolute atomic E-state index is 12.2. The van der Waals surface area contributed by atoms with Crippen molar-refractivity contribution >= 4 is 40.7 Å². The number of ether oxygens (including phenoxy) is 1. The normalized spacial score (nSPS) is 20.1. The first-order valence-corrected chi connectivity index (χ1v) is 10.3. The minimum Gasteiger partial charge on any atom is -0.373 e. The van der Waals surface area contributed by atoms with Crippen molar-refractivity contribution in [2.75, 3.05) is 19.7 Å². The summed E-state index contributed by atoms with van der Waals surface area (Å²) < 4.78 is 5.90. The van der Waals surface area contributed by atoms with Gasteiger partial charge < -0.3 is 10.1 Å². The average molecular weight is 442 g/mol. The van der Waals surface area contributed by atoms with E-state index in [1.54, 1.807) is 12.1 Å². The summed E-state index contributed by atoms with van der Waals surface area (Å²) in [4.78, 5) is 14.5. The van der Waals surface area contributed by atoms with Crippen molar-refractivity contribution in [1.82, 2.24) is 10.2 Å². The lowest BCUT2D eigenvalue weighted by Crippen LogP contribution is -2.51. The van der Waals surface area contributed by atoms with Crippen molar-refractivity contribution in [3.8, 4) is 0 Å². The Hall–Kier alpha value is -1.30. The maximum atomic E-state index is 12.2. The zero-order valence-electron chi connectivity index (χ0n) is 15.6. The predicted octanol–water partition coefficient (Wildman–Crippen LogP) is 4.60. The number of halogens is 3. The molecule has 2 aromatic carbocycles. The average Bonchev–Trinajstić information content (AvgIpc) is 2.67. The second-order valence-electron chi connectivity index (χ2n) is 7.09. The smallest absolute Gasteiger partial charge is 0.224 e. The number of carbonyl (C=O) groups is 1. The zero-order valence-corrected chi connectivity index (χ0v) is 17.9. The Morgan fingerprint density at radius 1 is 1.11 bits per heavy atom. The van der Waals surface area contributed by atoms with Gasteiger partial charge in [0.05, 0.1) is 29.2 Å². The Morgan fingerprint density at radius 2 is 1.82 bits per heavy atom. The number of amides is 1. The SMILES string of the molecule is C[C@@H]1CO[C@@H](CNC(=O)Cc2ccc(Cl)cc2)CN1Cc1ccc(Cl)c(Cl)c1. The van der Waals surface area contributed by atoms with Gasteiger partial charge in [-0.05, 0) is 42.3 Å². The first-order valence-electron chi connectivity index (χ1n) is 9.21. The van der Waals surface area contributed by atoms with E-state index < -0.39 is 0 Å². The topological polar surface area (TPSA) is 41.6 Å². The molecule has 150 valence electrons. The molecule has 2 aromatic rings. The fraction of sp³-hybridized carbons (Fsp3) is 0.381. The Balaban J connectivity index is 1.50. The van der Waals surface area contributed by atoms with Crippen molar-refractivity contribution in [1.29, 1.82) is 0 Å². The molecule has 0 aliphatic carbocycles. The molecule has 0 aromatic heterocycles. The molecule has 28 heavy (non-hydrogen) atoms. The summed E-state index contributed by atoms with van der Waals surface area (Å²) in [6.45, 7) is 4.74. The predicted molar refractivity (Wildman–Crippen MR) is 114 cm³/mol. The van der Waals surface area contributed by atoms with Crippen molar-refractivity contribution < 1.29 is 9.53 Å². The van der Waals surface area contributed by atoms with Crippen LogP contribution in [0, 0.1) is 0 Å². The summed E-state index contributed by atoms with van der Waals surface area (Å²) in [6, 6.07) is 13.3. The minimum absolute atomic E-state index is 0.0272. The molecule has 1 aliphatic rings. The van der Waals surface area contributed by atoms with Crippen LogP contribution in [0.15, 0.2) is 42.5 Å². The van der Waals surface area contributed by atoms with Crippen LogP contribution in [0.2, 0.25) is 15.1 Å². The molecule has 1 saturated heterocycles. The number of hydrogen-bond donors (Lipinski definition) is 1. The highest BCUT2D eigenvalue weighted by atomic mass is 35.5. The molecule has 0 spiro atoms. The van der Waals surface area contributed by atoms with Gasteiger partial charge >= 0.3 is 0 Å². The van der Waals surface area contributed by atoms with Crippen molar-refractivity contribution in [3.63, 3.8) is 0 Å². The molecule has 4 nitrogen and oxygen atoms in total. The molecule has 1 amide bonds. The number of hydrogen-bond acceptors (Lipinski definition) is 3. The van der Waals surface area contributed by atoms with Gasteiger partial charge in [0.25, 0.3) is 0 Å². The first-order chi connectivity index (χ1) is 13.4. The van der Waals surface area contributed by atoms with Crippen molar-refractivity contribution in [3.05, 3.63) is 68.7 Å². The highest BCUT2D eigenvalue weighted by Crippen LogP contribution is 2.24. The van der Waals surface area contributed by atoms with Gasteiger partial charge in [0.1, 0.15) is 0 Å². The minimum atomic E-state index is -0.0480. The lowest BCUT2D eigenvalue weighted by molar-refractivity contribution is -0.122. The molecule has 1 aliphatic heterocycles. The summed E-state index contributed by atoms with van der Waals surface area (Å²) in [5, 5.41) is 4.75. The molecular weight excluding hydrogens is 419 g/mol. The number of nitrogens with zero attached hydrogens (tertiary/aromatic N) is 1. The summed E-state index contributed by atoms with van der Waals surface area (Å²) >= 11 is 18.0. The highest BCUT2D eigenvalue weighted by Gasteiger charge is 2.26. The molecule has 0 unspecified atom stereocenters. The monoisotopic (exact) mass is 440 g/mol. The van der Waals surface area contributed by atoms with Gasteiger partial charge in [0.2, 0.25) is 5.91 Å². The molecule has 1 N–H and O–H groups in total. The van der Waals surface area contributed by atoms with E-state index >= 15 is 0 Å². The number of carbonyl (C=O) groups excluding carboxylic acids is 1. The molecule has 0 saturated carbocycles. The third-order valence-corrected chi connectivity index (χ3v) is 5.80. The van der Waals surface area contributed by atoms with Crippen molar-refractivity contribution in [2.24, 2.45) is 0 Å². The Bertz CT molecular complexity index is 814. The molecule has 2 atom stereocenters. The van der Waals surface area contributed by atoms with E-state index in [4.69, 9.17) is 39.5 Å². The summed E-state index contributed by atoms with van der Waals surface area (Å²) in [5.41, 5.74) is 2.04. The quantitative estimate of drug-likeness (QED) is 0.712. The van der Waals surface area contributed by atoms with Gasteiger partial charge in [0, 0.05) is 30.7 Å². The third-order valence-electron chi connectivity index (χ3n) is 4.81. The van der Waals surface area contributed by atoms with Gasteiger partial charge in [-0.3, -0.25) is 9.69 Å². The van der Waals surface area contributed by atoms with Crippen LogP contribution in [0.3, 0.4) is 0 Å².